The molecule has 2 rings (SSSR count). The van der Waals surface area contributed by atoms with Gasteiger partial charge in [0.15, 0.2) is 0 Å². The molecule has 80 valence electrons. The molecule has 0 fully saturated rings. The summed E-state index contributed by atoms with van der Waals surface area (Å²) >= 11 is 0. The lowest BCUT2D eigenvalue weighted by molar-refractivity contribution is 0.481. The van der Waals surface area contributed by atoms with E-state index < -0.39 is 10.1 Å². The van der Waals surface area contributed by atoms with Crippen molar-refractivity contribution in [3.05, 3.63) is 42.0 Å². The van der Waals surface area contributed by atoms with Gasteiger partial charge in [-0.15, -0.1) is 0 Å². The highest BCUT2D eigenvalue weighted by atomic mass is 32.2. The van der Waals surface area contributed by atoms with Crippen LogP contribution in [-0.4, -0.2) is 13.0 Å². The Morgan fingerprint density at radius 3 is 2.33 bits per heavy atom. The van der Waals surface area contributed by atoms with Crippen LogP contribution in [0.25, 0.3) is 0 Å². The van der Waals surface area contributed by atoms with Gasteiger partial charge in [-0.05, 0) is 30.4 Å². The highest BCUT2D eigenvalue weighted by Gasteiger charge is 2.21. The maximum Gasteiger partial charge on any atom is 0.294 e. The summed E-state index contributed by atoms with van der Waals surface area (Å²) in [5, 5.41) is 0. The normalized spacial score (nSPS) is 17.1. The summed E-state index contributed by atoms with van der Waals surface area (Å²) in [5.74, 6) is 0.183. The van der Waals surface area contributed by atoms with Gasteiger partial charge in [-0.2, -0.15) is 8.42 Å². The molecule has 1 aliphatic carbocycles. The van der Waals surface area contributed by atoms with Crippen LogP contribution in [0.1, 0.15) is 24.3 Å². The van der Waals surface area contributed by atoms with E-state index in [0.29, 0.717) is 5.56 Å². The number of hydrogen-bond acceptors (Lipinski definition) is 2. The van der Waals surface area contributed by atoms with Crippen LogP contribution in [-0.2, 0) is 10.1 Å². The van der Waals surface area contributed by atoms with E-state index >= 15 is 0 Å². The van der Waals surface area contributed by atoms with E-state index in [1.54, 1.807) is 18.2 Å². The second kappa shape index (κ2) is 3.79. The minimum atomic E-state index is -4.10. The Kier molecular flexibility index (Phi) is 2.63. The van der Waals surface area contributed by atoms with Gasteiger partial charge in [-0.1, -0.05) is 30.4 Å². The zero-order chi connectivity index (χ0) is 10.9. The fourth-order valence-corrected chi connectivity index (χ4v) is 2.71. The van der Waals surface area contributed by atoms with Crippen LogP contribution in [0.3, 0.4) is 0 Å². The Hall–Kier alpha value is -1.13. The molecule has 0 heterocycles. The summed E-state index contributed by atoms with van der Waals surface area (Å²) in [6.07, 6.45) is 5.75. The Morgan fingerprint density at radius 2 is 1.73 bits per heavy atom. The van der Waals surface area contributed by atoms with E-state index in [4.69, 9.17) is 4.55 Å². The fraction of sp³-hybridized carbons (Fsp3) is 0.273. The molecule has 0 spiro atoms. The molecule has 1 aliphatic rings. The van der Waals surface area contributed by atoms with Crippen molar-refractivity contribution in [2.24, 2.45) is 0 Å². The zero-order valence-electron chi connectivity index (χ0n) is 8.13. The summed E-state index contributed by atoms with van der Waals surface area (Å²) < 4.78 is 31.4. The molecule has 0 radical (unpaired) electrons. The number of allylic oxidation sites excluding steroid dienone is 2. The molecule has 0 saturated carbocycles. The molecule has 3 nitrogen and oxygen atoms in total. The van der Waals surface area contributed by atoms with E-state index in [2.05, 4.69) is 0 Å². The van der Waals surface area contributed by atoms with E-state index in [0.717, 1.165) is 12.8 Å². The molecule has 0 bridgehead atoms. The molecule has 0 unspecified atom stereocenters. The maximum absolute atomic E-state index is 11.1. The second-order valence-electron chi connectivity index (χ2n) is 3.65. The average molecular weight is 224 g/mol. The van der Waals surface area contributed by atoms with Crippen molar-refractivity contribution < 1.29 is 13.0 Å². The molecule has 0 saturated heterocycles. The SMILES string of the molecule is O=S(=O)(O)c1ccccc1C1CC=CC1. The molecule has 0 aliphatic heterocycles. The summed E-state index contributed by atoms with van der Waals surface area (Å²) in [6, 6.07) is 6.63. The quantitative estimate of drug-likeness (QED) is 0.619. The van der Waals surface area contributed by atoms with Gasteiger partial charge in [0.25, 0.3) is 10.1 Å². The molecule has 0 atom stereocenters. The molecule has 1 aromatic rings. The standard InChI is InChI=1S/C11H12O3S/c12-15(13,14)11-8-4-3-7-10(11)9-5-1-2-6-9/h1-4,7-9H,5-6H2,(H,12,13,14). The van der Waals surface area contributed by atoms with Gasteiger partial charge in [0.1, 0.15) is 0 Å². The van der Waals surface area contributed by atoms with Gasteiger partial charge in [-0.3, -0.25) is 4.55 Å². The minimum absolute atomic E-state index is 0.0405. The Balaban J connectivity index is 2.47. The molecule has 1 N–H and O–H groups in total. The summed E-state index contributed by atoms with van der Waals surface area (Å²) in [5.41, 5.74) is 0.713. The fourth-order valence-electron chi connectivity index (χ4n) is 1.92. The maximum atomic E-state index is 11.1. The van der Waals surface area contributed by atoms with E-state index in [1.807, 2.05) is 12.2 Å². The van der Waals surface area contributed by atoms with Crippen molar-refractivity contribution in [1.29, 1.82) is 0 Å². The first kappa shape index (κ1) is 10.4. The zero-order valence-corrected chi connectivity index (χ0v) is 8.94. The van der Waals surface area contributed by atoms with Crippen LogP contribution < -0.4 is 0 Å². The lowest BCUT2D eigenvalue weighted by Crippen LogP contribution is -2.05. The van der Waals surface area contributed by atoms with E-state index in [1.165, 1.54) is 6.07 Å². The first-order valence-electron chi connectivity index (χ1n) is 4.80. The highest BCUT2D eigenvalue weighted by molar-refractivity contribution is 7.85. The van der Waals surface area contributed by atoms with Crippen molar-refractivity contribution in [2.45, 2.75) is 23.7 Å². The summed E-state index contributed by atoms with van der Waals surface area (Å²) in [7, 11) is -4.10. The molecular weight excluding hydrogens is 212 g/mol. The summed E-state index contributed by atoms with van der Waals surface area (Å²) in [4.78, 5) is 0.0405. The molecular formula is C11H12O3S. The minimum Gasteiger partial charge on any atom is -0.282 e. The van der Waals surface area contributed by atoms with Crippen molar-refractivity contribution >= 4 is 10.1 Å². The smallest absolute Gasteiger partial charge is 0.282 e. The van der Waals surface area contributed by atoms with Crippen molar-refractivity contribution in [1.82, 2.24) is 0 Å². The van der Waals surface area contributed by atoms with E-state index in [-0.39, 0.29) is 10.8 Å². The van der Waals surface area contributed by atoms with Gasteiger partial charge in [0.05, 0.1) is 4.90 Å². The first-order chi connectivity index (χ1) is 7.09. The highest BCUT2D eigenvalue weighted by Crippen LogP contribution is 2.33. The van der Waals surface area contributed by atoms with Gasteiger partial charge < -0.3 is 0 Å². The third-order valence-electron chi connectivity index (χ3n) is 2.64. The first-order valence-corrected chi connectivity index (χ1v) is 6.24. The predicted octanol–water partition coefficient (Wildman–Crippen LogP) is 2.37. The Bertz CT molecular complexity index is 480. The van der Waals surface area contributed by atoms with Crippen LogP contribution in [0, 0.1) is 0 Å². The van der Waals surface area contributed by atoms with Gasteiger partial charge >= 0.3 is 0 Å². The number of benzene rings is 1. The molecule has 1 aromatic carbocycles. The average Bonchev–Trinajstić information content (AvgIpc) is 2.69. The molecule has 4 heteroatoms. The van der Waals surface area contributed by atoms with Crippen LogP contribution in [0.4, 0.5) is 0 Å². The number of hydrogen-bond donors (Lipinski definition) is 1. The monoisotopic (exact) mass is 224 g/mol. The lowest BCUT2D eigenvalue weighted by atomic mass is 9.97. The number of rotatable bonds is 2. The largest absolute Gasteiger partial charge is 0.294 e. The van der Waals surface area contributed by atoms with Crippen LogP contribution in [0.2, 0.25) is 0 Å². The topological polar surface area (TPSA) is 54.4 Å². The third-order valence-corrected chi connectivity index (χ3v) is 3.57. The van der Waals surface area contributed by atoms with Gasteiger partial charge in [-0.25, -0.2) is 0 Å². The Labute approximate surface area is 89.2 Å². The third kappa shape index (κ3) is 2.11. The van der Waals surface area contributed by atoms with E-state index in [9.17, 15) is 8.42 Å². The van der Waals surface area contributed by atoms with Gasteiger partial charge in [0.2, 0.25) is 0 Å². The van der Waals surface area contributed by atoms with Gasteiger partial charge in [0, 0.05) is 0 Å². The van der Waals surface area contributed by atoms with Crippen LogP contribution in [0.15, 0.2) is 41.3 Å². The Morgan fingerprint density at radius 1 is 1.13 bits per heavy atom. The molecule has 15 heavy (non-hydrogen) atoms. The van der Waals surface area contributed by atoms with Crippen molar-refractivity contribution in [3.63, 3.8) is 0 Å². The van der Waals surface area contributed by atoms with Crippen molar-refractivity contribution in [3.8, 4) is 0 Å². The molecule has 0 aromatic heterocycles. The second-order valence-corrected chi connectivity index (χ2v) is 5.04. The van der Waals surface area contributed by atoms with Crippen LogP contribution in [0.5, 0.6) is 0 Å². The summed E-state index contributed by atoms with van der Waals surface area (Å²) in [6.45, 7) is 0. The van der Waals surface area contributed by atoms with Crippen molar-refractivity contribution in [2.75, 3.05) is 0 Å². The predicted molar refractivity (Wildman–Crippen MR) is 57.4 cm³/mol. The molecule has 0 amide bonds. The lowest BCUT2D eigenvalue weighted by Gasteiger charge is -2.12. The van der Waals surface area contributed by atoms with Crippen LogP contribution >= 0.6 is 0 Å².